The van der Waals surface area contributed by atoms with E-state index >= 15 is 0 Å². The average molecular weight is 357 g/mol. The fraction of sp³-hybridized carbons (Fsp3) is 0.136. The van der Waals surface area contributed by atoms with Crippen molar-refractivity contribution >= 4 is 27.5 Å². The van der Waals surface area contributed by atoms with Crippen LogP contribution in [0.1, 0.15) is 24.2 Å². The van der Waals surface area contributed by atoms with Crippen LogP contribution < -0.4 is 10.9 Å². The molecule has 4 aromatic rings. The molecule has 1 heterocycles. The van der Waals surface area contributed by atoms with E-state index in [1.54, 1.807) is 12.1 Å². The summed E-state index contributed by atoms with van der Waals surface area (Å²) in [5.41, 5.74) is 1.38. The maximum atomic E-state index is 12.6. The van der Waals surface area contributed by atoms with E-state index < -0.39 is 0 Å². The molecule has 0 aliphatic rings. The van der Waals surface area contributed by atoms with Crippen LogP contribution in [0.3, 0.4) is 0 Å². The highest BCUT2D eigenvalue weighted by molar-refractivity contribution is 5.89. The molecule has 0 saturated carbocycles. The summed E-state index contributed by atoms with van der Waals surface area (Å²) in [6.45, 7) is 1.97. The van der Waals surface area contributed by atoms with Crippen LogP contribution in [-0.4, -0.2) is 16.1 Å². The normalized spacial score (nSPS) is 12.2. The number of carbonyl (C=O) groups is 1. The zero-order chi connectivity index (χ0) is 18.8. The van der Waals surface area contributed by atoms with Crippen molar-refractivity contribution in [2.45, 2.75) is 19.4 Å². The summed E-state index contributed by atoms with van der Waals surface area (Å²) in [5, 5.41) is 13.1. The van der Waals surface area contributed by atoms with Crippen molar-refractivity contribution in [2.75, 3.05) is 0 Å². The lowest BCUT2D eigenvalue weighted by molar-refractivity contribution is -0.121. The molecule has 27 heavy (non-hydrogen) atoms. The van der Waals surface area contributed by atoms with Gasteiger partial charge < -0.3 is 5.32 Å². The monoisotopic (exact) mass is 357 g/mol. The molecule has 3 aromatic carbocycles. The maximum absolute atomic E-state index is 12.6. The number of benzene rings is 3. The van der Waals surface area contributed by atoms with Crippen molar-refractivity contribution in [2.24, 2.45) is 0 Å². The number of nitrogens with one attached hydrogen (secondary N) is 2. The summed E-state index contributed by atoms with van der Waals surface area (Å²) in [6.07, 6.45) is 0.104. The number of amides is 1. The number of carbonyl (C=O) groups excluding carboxylic acids is 1. The van der Waals surface area contributed by atoms with Gasteiger partial charge in [0.05, 0.1) is 23.5 Å². The third-order valence-electron chi connectivity index (χ3n) is 4.77. The van der Waals surface area contributed by atoms with E-state index in [9.17, 15) is 9.59 Å². The van der Waals surface area contributed by atoms with Crippen LogP contribution >= 0.6 is 0 Å². The molecule has 0 bridgehead atoms. The molecule has 0 fully saturated rings. The number of hydrogen-bond acceptors (Lipinski definition) is 3. The van der Waals surface area contributed by atoms with E-state index in [1.807, 2.05) is 43.3 Å². The number of H-pyrrole nitrogens is 1. The lowest BCUT2D eigenvalue weighted by Gasteiger charge is -2.17. The van der Waals surface area contributed by atoms with Crippen molar-refractivity contribution < 1.29 is 4.79 Å². The average Bonchev–Trinajstić information content (AvgIpc) is 2.70. The molecular weight excluding hydrogens is 338 g/mol. The number of aromatic amines is 1. The minimum Gasteiger partial charge on any atom is -0.349 e. The smallest absolute Gasteiger partial charge is 0.272 e. The van der Waals surface area contributed by atoms with Crippen molar-refractivity contribution in [1.29, 1.82) is 0 Å². The van der Waals surface area contributed by atoms with Gasteiger partial charge in [0.2, 0.25) is 5.91 Å². The first-order valence-corrected chi connectivity index (χ1v) is 8.87. The second-order valence-electron chi connectivity index (χ2n) is 6.58. The maximum Gasteiger partial charge on any atom is 0.272 e. The number of rotatable bonds is 4. The molecule has 2 N–H and O–H groups in total. The lowest BCUT2D eigenvalue weighted by atomic mass is 9.99. The van der Waals surface area contributed by atoms with E-state index in [-0.39, 0.29) is 23.9 Å². The van der Waals surface area contributed by atoms with Crippen LogP contribution in [0.15, 0.2) is 71.5 Å². The molecule has 0 saturated heterocycles. The number of aromatic nitrogens is 2. The Morgan fingerprint density at radius 2 is 1.63 bits per heavy atom. The van der Waals surface area contributed by atoms with Crippen molar-refractivity contribution in [1.82, 2.24) is 15.5 Å². The van der Waals surface area contributed by atoms with E-state index in [0.29, 0.717) is 16.5 Å². The molecule has 5 heteroatoms. The molecular formula is C22H19N3O2. The molecule has 1 aromatic heterocycles. The molecule has 0 aliphatic carbocycles. The Labute approximate surface area is 156 Å². The highest BCUT2D eigenvalue weighted by Crippen LogP contribution is 2.24. The van der Waals surface area contributed by atoms with Crippen molar-refractivity contribution in [3.05, 3.63) is 88.3 Å². The zero-order valence-corrected chi connectivity index (χ0v) is 14.9. The van der Waals surface area contributed by atoms with Crippen LogP contribution in [0.2, 0.25) is 0 Å². The number of nitrogens with zero attached hydrogens (tertiary/aromatic N) is 1. The summed E-state index contributed by atoms with van der Waals surface area (Å²) >= 11 is 0. The minimum atomic E-state index is -0.251. The Morgan fingerprint density at radius 1 is 0.963 bits per heavy atom. The third kappa shape index (κ3) is 3.31. The largest absolute Gasteiger partial charge is 0.349 e. The van der Waals surface area contributed by atoms with Crippen LogP contribution in [0.4, 0.5) is 0 Å². The zero-order valence-electron chi connectivity index (χ0n) is 14.9. The highest BCUT2D eigenvalue weighted by Gasteiger charge is 2.15. The van der Waals surface area contributed by atoms with Gasteiger partial charge in [0.15, 0.2) is 0 Å². The first-order chi connectivity index (χ1) is 13.1. The van der Waals surface area contributed by atoms with Gasteiger partial charge in [-0.25, -0.2) is 5.10 Å². The molecule has 0 unspecified atom stereocenters. The quantitative estimate of drug-likeness (QED) is 0.587. The third-order valence-corrected chi connectivity index (χ3v) is 4.77. The molecule has 134 valence electrons. The van der Waals surface area contributed by atoms with Crippen LogP contribution in [-0.2, 0) is 11.2 Å². The van der Waals surface area contributed by atoms with Gasteiger partial charge in [0.25, 0.3) is 5.56 Å². The van der Waals surface area contributed by atoms with Gasteiger partial charge in [-0.2, -0.15) is 5.10 Å². The van der Waals surface area contributed by atoms with Gasteiger partial charge in [-0.3, -0.25) is 9.59 Å². The molecule has 1 atom stereocenters. The summed E-state index contributed by atoms with van der Waals surface area (Å²) in [5.74, 6) is -0.139. The molecule has 0 aliphatic heterocycles. The van der Waals surface area contributed by atoms with Gasteiger partial charge in [-0.15, -0.1) is 0 Å². The Hall–Kier alpha value is -3.47. The molecule has 1 amide bonds. The van der Waals surface area contributed by atoms with E-state index in [2.05, 4.69) is 33.7 Å². The summed E-state index contributed by atoms with van der Waals surface area (Å²) in [6, 6.07) is 21.2. The second kappa shape index (κ2) is 7.03. The highest BCUT2D eigenvalue weighted by atomic mass is 16.1. The summed E-state index contributed by atoms with van der Waals surface area (Å²) in [7, 11) is 0. The van der Waals surface area contributed by atoms with Crippen molar-refractivity contribution in [3.63, 3.8) is 0 Å². The lowest BCUT2D eigenvalue weighted by Crippen LogP contribution is -2.29. The first-order valence-electron chi connectivity index (χ1n) is 8.87. The molecule has 0 radical (unpaired) electrons. The standard InChI is InChI=1S/C22H19N3O2/c1-14(16-12-6-8-15-7-2-3-9-17(15)16)23-21(26)13-20-18-10-4-5-11-19(18)22(27)25-24-20/h2-12,14H,13H2,1H3,(H,23,26)(H,25,27)/t14-/m0/s1. The Kier molecular flexibility index (Phi) is 4.42. The van der Waals surface area contributed by atoms with Crippen LogP contribution in [0.5, 0.6) is 0 Å². The summed E-state index contributed by atoms with van der Waals surface area (Å²) < 4.78 is 0. The SMILES string of the molecule is C[C@H](NC(=O)Cc1n[nH]c(=O)c2ccccc12)c1cccc2ccccc12. The van der Waals surface area contributed by atoms with E-state index in [0.717, 1.165) is 16.3 Å². The van der Waals surface area contributed by atoms with Gasteiger partial charge in [0.1, 0.15) is 0 Å². The van der Waals surface area contributed by atoms with Crippen molar-refractivity contribution in [3.8, 4) is 0 Å². The molecule has 5 nitrogen and oxygen atoms in total. The Bertz CT molecular complexity index is 1190. The summed E-state index contributed by atoms with van der Waals surface area (Å²) in [4.78, 5) is 24.5. The van der Waals surface area contributed by atoms with Gasteiger partial charge in [0, 0.05) is 5.39 Å². The number of fused-ring (bicyclic) bond motifs is 2. The van der Waals surface area contributed by atoms with Gasteiger partial charge in [-0.05, 0) is 29.3 Å². The molecule has 0 spiro atoms. The fourth-order valence-corrected chi connectivity index (χ4v) is 3.46. The van der Waals surface area contributed by atoms with E-state index in [4.69, 9.17) is 0 Å². The van der Waals surface area contributed by atoms with Crippen LogP contribution in [0.25, 0.3) is 21.5 Å². The minimum absolute atomic E-state index is 0.104. The first kappa shape index (κ1) is 17.0. The topological polar surface area (TPSA) is 74.8 Å². The van der Waals surface area contributed by atoms with Gasteiger partial charge >= 0.3 is 0 Å². The van der Waals surface area contributed by atoms with Gasteiger partial charge in [-0.1, -0.05) is 60.7 Å². The van der Waals surface area contributed by atoms with Crippen LogP contribution in [0, 0.1) is 0 Å². The Morgan fingerprint density at radius 3 is 2.44 bits per heavy atom. The number of hydrogen-bond donors (Lipinski definition) is 2. The van der Waals surface area contributed by atoms with E-state index in [1.165, 1.54) is 0 Å². The molecule has 4 rings (SSSR count). The second-order valence-corrected chi connectivity index (χ2v) is 6.58. The Balaban J connectivity index is 1.58. The predicted molar refractivity (Wildman–Crippen MR) is 107 cm³/mol. The predicted octanol–water partition coefficient (Wildman–Crippen LogP) is 3.50. The fourth-order valence-electron chi connectivity index (χ4n) is 3.46.